The molecule has 2 heterocycles. The molecule has 7 nitrogen and oxygen atoms in total. The van der Waals surface area contributed by atoms with Crippen LogP contribution in [0.2, 0.25) is 5.02 Å². The van der Waals surface area contributed by atoms with E-state index in [4.69, 9.17) is 16.3 Å². The van der Waals surface area contributed by atoms with E-state index in [0.717, 1.165) is 39.3 Å². The van der Waals surface area contributed by atoms with Crippen molar-refractivity contribution >= 4 is 27.5 Å². The summed E-state index contributed by atoms with van der Waals surface area (Å²) in [6.45, 7) is 5.16. The van der Waals surface area contributed by atoms with Crippen molar-refractivity contribution in [2.75, 3.05) is 45.9 Å². The first-order valence-electron chi connectivity index (χ1n) is 9.34. The van der Waals surface area contributed by atoms with Gasteiger partial charge in [-0.05, 0) is 50.1 Å². The van der Waals surface area contributed by atoms with Crippen molar-refractivity contribution in [3.05, 3.63) is 29.3 Å². The van der Waals surface area contributed by atoms with E-state index in [2.05, 4.69) is 10.2 Å². The quantitative estimate of drug-likeness (QED) is 0.680. The predicted octanol–water partition coefficient (Wildman–Crippen LogP) is 1.33. The third-order valence-electron chi connectivity index (χ3n) is 4.98. The van der Waals surface area contributed by atoms with Crippen LogP contribution in [-0.2, 0) is 19.6 Å². The summed E-state index contributed by atoms with van der Waals surface area (Å²) in [4.78, 5) is 15.0. The molecule has 0 aromatic heterocycles. The van der Waals surface area contributed by atoms with E-state index >= 15 is 0 Å². The Labute approximate surface area is 165 Å². The zero-order valence-electron chi connectivity index (χ0n) is 15.3. The van der Waals surface area contributed by atoms with Crippen molar-refractivity contribution in [1.82, 2.24) is 14.5 Å². The van der Waals surface area contributed by atoms with Crippen LogP contribution in [0, 0.1) is 0 Å². The van der Waals surface area contributed by atoms with Gasteiger partial charge in [0.05, 0.1) is 18.1 Å². The summed E-state index contributed by atoms with van der Waals surface area (Å²) in [6.07, 6.45) is 2.06. The van der Waals surface area contributed by atoms with E-state index in [0.29, 0.717) is 31.0 Å². The molecule has 0 saturated carbocycles. The third-order valence-corrected chi connectivity index (χ3v) is 7.15. The first-order valence-corrected chi connectivity index (χ1v) is 11.2. The average molecular weight is 416 g/mol. The maximum absolute atomic E-state index is 12.9. The number of carbonyl (C=O) groups is 1. The molecule has 1 aromatic carbocycles. The van der Waals surface area contributed by atoms with Gasteiger partial charge in [0, 0.05) is 31.2 Å². The molecule has 1 atom stereocenters. The number of nitrogens with zero attached hydrogens (tertiary/aromatic N) is 2. The number of sulfonamides is 1. The molecule has 2 aliphatic heterocycles. The Kier molecular flexibility index (Phi) is 7.10. The number of amides is 1. The lowest BCUT2D eigenvalue weighted by atomic mass is 10.2. The molecule has 3 rings (SSSR count). The normalized spacial score (nSPS) is 22.0. The lowest BCUT2D eigenvalue weighted by molar-refractivity contribution is -0.124. The standard InChI is InChI=1S/C18H26ClN3O4S/c19-15-4-6-16(7-5-15)27(24,25)22-10-1-3-17(22)18(23)20-8-2-9-21-11-13-26-14-12-21/h4-7,17H,1-3,8-14H2,(H,20,23)/t17-/m1/s1. The van der Waals surface area contributed by atoms with E-state index in [1.807, 2.05) is 0 Å². The number of morpholine rings is 1. The van der Waals surface area contributed by atoms with Crippen molar-refractivity contribution in [2.24, 2.45) is 0 Å². The van der Waals surface area contributed by atoms with Gasteiger partial charge in [-0.15, -0.1) is 0 Å². The first kappa shape index (κ1) is 20.5. The molecule has 2 aliphatic rings. The molecule has 150 valence electrons. The van der Waals surface area contributed by atoms with Crippen molar-refractivity contribution in [2.45, 2.75) is 30.2 Å². The predicted molar refractivity (Wildman–Crippen MR) is 103 cm³/mol. The van der Waals surface area contributed by atoms with Crippen LogP contribution in [0.25, 0.3) is 0 Å². The topological polar surface area (TPSA) is 79.0 Å². The van der Waals surface area contributed by atoms with Gasteiger partial charge in [-0.3, -0.25) is 9.69 Å². The molecule has 0 spiro atoms. The molecule has 2 saturated heterocycles. The van der Waals surface area contributed by atoms with E-state index in [1.54, 1.807) is 12.1 Å². The molecule has 2 fully saturated rings. The molecule has 0 radical (unpaired) electrons. The Hall–Kier alpha value is -1.19. The largest absolute Gasteiger partial charge is 0.379 e. The second kappa shape index (κ2) is 9.34. The fourth-order valence-electron chi connectivity index (χ4n) is 3.49. The van der Waals surface area contributed by atoms with E-state index in [-0.39, 0.29) is 10.8 Å². The molecule has 1 aromatic rings. The summed E-state index contributed by atoms with van der Waals surface area (Å²) in [5.41, 5.74) is 0. The number of carbonyl (C=O) groups excluding carboxylic acids is 1. The number of benzene rings is 1. The highest BCUT2D eigenvalue weighted by Crippen LogP contribution is 2.27. The van der Waals surface area contributed by atoms with Crippen molar-refractivity contribution in [1.29, 1.82) is 0 Å². The number of ether oxygens (including phenoxy) is 1. The summed E-state index contributed by atoms with van der Waals surface area (Å²) in [6, 6.07) is 5.41. The fraction of sp³-hybridized carbons (Fsp3) is 0.611. The lowest BCUT2D eigenvalue weighted by Gasteiger charge is -2.27. The fourth-order valence-corrected chi connectivity index (χ4v) is 5.27. The van der Waals surface area contributed by atoms with Crippen molar-refractivity contribution < 1.29 is 17.9 Å². The molecule has 0 bridgehead atoms. The molecule has 27 heavy (non-hydrogen) atoms. The van der Waals surface area contributed by atoms with Gasteiger partial charge in [-0.25, -0.2) is 8.42 Å². The Balaban J connectivity index is 1.53. The monoisotopic (exact) mass is 415 g/mol. The van der Waals surface area contributed by atoms with Crippen LogP contribution >= 0.6 is 11.6 Å². The van der Waals surface area contributed by atoms with Crippen LogP contribution in [0.4, 0.5) is 0 Å². The minimum Gasteiger partial charge on any atom is -0.379 e. The van der Waals surface area contributed by atoms with Crippen LogP contribution in [-0.4, -0.2) is 75.5 Å². The van der Waals surface area contributed by atoms with Crippen molar-refractivity contribution in [3.8, 4) is 0 Å². The summed E-state index contributed by atoms with van der Waals surface area (Å²) < 4.78 is 32.4. The molecule has 1 N–H and O–H groups in total. The molecular formula is C18H26ClN3O4S. The summed E-state index contributed by atoms with van der Waals surface area (Å²) >= 11 is 5.84. The van der Waals surface area contributed by atoms with Crippen LogP contribution < -0.4 is 5.32 Å². The number of halogens is 1. The molecule has 0 unspecified atom stereocenters. The molecular weight excluding hydrogens is 390 g/mol. The summed E-state index contributed by atoms with van der Waals surface area (Å²) in [5, 5.41) is 3.38. The zero-order chi connectivity index (χ0) is 19.3. The lowest BCUT2D eigenvalue weighted by Crippen LogP contribution is -2.46. The molecule has 1 amide bonds. The third kappa shape index (κ3) is 5.20. The van der Waals surface area contributed by atoms with Crippen LogP contribution in [0.1, 0.15) is 19.3 Å². The molecule has 0 aliphatic carbocycles. The van der Waals surface area contributed by atoms with Gasteiger partial charge < -0.3 is 10.1 Å². The highest BCUT2D eigenvalue weighted by atomic mass is 35.5. The number of hydrogen-bond acceptors (Lipinski definition) is 5. The maximum atomic E-state index is 12.9. The Morgan fingerprint density at radius 2 is 1.89 bits per heavy atom. The van der Waals surface area contributed by atoms with Crippen LogP contribution in [0.3, 0.4) is 0 Å². The van der Waals surface area contributed by atoms with E-state index in [9.17, 15) is 13.2 Å². The minimum atomic E-state index is -3.71. The van der Waals surface area contributed by atoms with Crippen molar-refractivity contribution in [3.63, 3.8) is 0 Å². The first-order chi connectivity index (χ1) is 13.0. The smallest absolute Gasteiger partial charge is 0.243 e. The Bertz CT molecular complexity index is 735. The number of nitrogens with one attached hydrogen (secondary N) is 1. The van der Waals surface area contributed by atoms with Gasteiger partial charge in [0.15, 0.2) is 0 Å². The maximum Gasteiger partial charge on any atom is 0.243 e. The van der Waals surface area contributed by atoms with Gasteiger partial charge in [-0.1, -0.05) is 11.6 Å². The van der Waals surface area contributed by atoms with Gasteiger partial charge in [0.2, 0.25) is 15.9 Å². The van der Waals surface area contributed by atoms with Crippen LogP contribution in [0.15, 0.2) is 29.2 Å². The average Bonchev–Trinajstić information content (AvgIpc) is 3.17. The Morgan fingerprint density at radius 1 is 1.19 bits per heavy atom. The minimum absolute atomic E-state index is 0.166. The second-order valence-corrected chi connectivity index (χ2v) is 9.15. The SMILES string of the molecule is O=C(NCCCN1CCOCC1)[C@H]1CCCN1S(=O)(=O)c1ccc(Cl)cc1. The summed E-state index contributed by atoms with van der Waals surface area (Å²) in [7, 11) is -3.71. The van der Waals surface area contributed by atoms with Gasteiger partial charge in [0.1, 0.15) is 6.04 Å². The molecule has 9 heteroatoms. The summed E-state index contributed by atoms with van der Waals surface area (Å²) in [5.74, 6) is -0.216. The van der Waals surface area contributed by atoms with Gasteiger partial charge >= 0.3 is 0 Å². The van der Waals surface area contributed by atoms with E-state index in [1.165, 1.54) is 16.4 Å². The second-order valence-electron chi connectivity index (χ2n) is 6.83. The van der Waals surface area contributed by atoms with Crippen LogP contribution in [0.5, 0.6) is 0 Å². The van der Waals surface area contributed by atoms with E-state index < -0.39 is 16.1 Å². The number of rotatable bonds is 7. The zero-order valence-corrected chi connectivity index (χ0v) is 16.8. The number of hydrogen-bond donors (Lipinski definition) is 1. The highest BCUT2D eigenvalue weighted by molar-refractivity contribution is 7.89. The van der Waals surface area contributed by atoms with Gasteiger partial charge in [0.25, 0.3) is 0 Å². The Morgan fingerprint density at radius 3 is 2.59 bits per heavy atom. The highest BCUT2D eigenvalue weighted by Gasteiger charge is 2.39. The van der Waals surface area contributed by atoms with Gasteiger partial charge in [-0.2, -0.15) is 4.31 Å².